The van der Waals surface area contributed by atoms with Gasteiger partial charge in [-0.2, -0.15) is 0 Å². The summed E-state index contributed by atoms with van der Waals surface area (Å²) in [6.07, 6.45) is 4.29. The van der Waals surface area contributed by atoms with E-state index in [0.29, 0.717) is 12.0 Å². The molecule has 1 fully saturated rings. The third-order valence-electron chi connectivity index (χ3n) is 2.79. The highest BCUT2D eigenvalue weighted by Crippen LogP contribution is 2.31. The fraction of sp³-hybridized carbons (Fsp3) is 1.00. The molecule has 2 atom stereocenters. The second kappa shape index (κ2) is 4.83. The Morgan fingerprint density at radius 2 is 2.08 bits per heavy atom. The molecule has 0 aliphatic heterocycles. The molecule has 0 radical (unpaired) electrons. The molecule has 2 unspecified atom stereocenters. The van der Waals surface area contributed by atoms with Crippen molar-refractivity contribution in [1.82, 2.24) is 5.32 Å². The van der Waals surface area contributed by atoms with E-state index in [2.05, 4.69) is 19.2 Å². The molecule has 72 valence electrons. The average molecular weight is 170 g/mol. The molecule has 1 saturated carbocycles. The van der Waals surface area contributed by atoms with Crippen LogP contribution >= 0.6 is 0 Å². The van der Waals surface area contributed by atoms with E-state index in [0.717, 1.165) is 12.5 Å². The molecular formula is C10H22N2. The predicted octanol–water partition coefficient (Wildman–Crippen LogP) is 1.36. The van der Waals surface area contributed by atoms with Crippen molar-refractivity contribution in [1.29, 1.82) is 0 Å². The predicted molar refractivity (Wildman–Crippen MR) is 53.0 cm³/mol. The molecule has 0 aromatic carbocycles. The Morgan fingerprint density at radius 1 is 1.42 bits per heavy atom. The summed E-state index contributed by atoms with van der Waals surface area (Å²) < 4.78 is 0. The van der Waals surface area contributed by atoms with Gasteiger partial charge in [-0.25, -0.2) is 0 Å². The Bertz CT molecular complexity index is 119. The zero-order valence-electron chi connectivity index (χ0n) is 8.34. The molecule has 3 N–H and O–H groups in total. The van der Waals surface area contributed by atoms with Gasteiger partial charge in [-0.3, -0.25) is 0 Å². The zero-order chi connectivity index (χ0) is 8.97. The maximum absolute atomic E-state index is 5.75. The van der Waals surface area contributed by atoms with Crippen molar-refractivity contribution < 1.29 is 0 Å². The molecule has 0 bridgehead atoms. The first kappa shape index (κ1) is 10.0. The average Bonchev–Trinajstić information content (AvgIpc) is 2.80. The van der Waals surface area contributed by atoms with Gasteiger partial charge in [0, 0.05) is 6.04 Å². The number of hydrogen-bond acceptors (Lipinski definition) is 2. The fourth-order valence-corrected chi connectivity index (χ4v) is 1.23. The quantitative estimate of drug-likeness (QED) is 0.591. The first-order chi connectivity index (χ1) is 5.70. The van der Waals surface area contributed by atoms with E-state index in [1.54, 1.807) is 0 Å². The standard InChI is InChI=1S/C10H22N2/c1-8(9(2)11)7-12-6-5-10-3-4-10/h8-10,12H,3-7,11H2,1-2H3. The lowest BCUT2D eigenvalue weighted by atomic mass is 10.1. The van der Waals surface area contributed by atoms with E-state index in [-0.39, 0.29) is 0 Å². The van der Waals surface area contributed by atoms with Gasteiger partial charge in [-0.05, 0) is 38.3 Å². The molecule has 1 rings (SSSR count). The summed E-state index contributed by atoms with van der Waals surface area (Å²) in [5.74, 6) is 1.65. The molecule has 0 spiro atoms. The van der Waals surface area contributed by atoms with Crippen LogP contribution in [-0.2, 0) is 0 Å². The fourth-order valence-electron chi connectivity index (χ4n) is 1.23. The molecule has 2 nitrogen and oxygen atoms in total. The first-order valence-electron chi connectivity index (χ1n) is 5.16. The second-order valence-corrected chi connectivity index (χ2v) is 4.27. The molecular weight excluding hydrogens is 148 g/mol. The van der Waals surface area contributed by atoms with E-state index < -0.39 is 0 Å². The lowest BCUT2D eigenvalue weighted by molar-refractivity contribution is 0.440. The van der Waals surface area contributed by atoms with Crippen molar-refractivity contribution in [3.05, 3.63) is 0 Å². The Morgan fingerprint density at radius 3 is 2.58 bits per heavy atom. The smallest absolute Gasteiger partial charge is 0.00482 e. The summed E-state index contributed by atoms with van der Waals surface area (Å²) in [5, 5.41) is 3.46. The second-order valence-electron chi connectivity index (χ2n) is 4.27. The van der Waals surface area contributed by atoms with Gasteiger partial charge in [-0.15, -0.1) is 0 Å². The van der Waals surface area contributed by atoms with Gasteiger partial charge in [0.1, 0.15) is 0 Å². The SMILES string of the molecule is CC(N)C(C)CNCCC1CC1. The molecule has 0 heterocycles. The summed E-state index contributed by atoms with van der Waals surface area (Å²) in [7, 11) is 0. The highest BCUT2D eigenvalue weighted by Gasteiger charge is 2.20. The summed E-state index contributed by atoms with van der Waals surface area (Å²) in [4.78, 5) is 0. The number of nitrogens with two attached hydrogens (primary N) is 1. The Hall–Kier alpha value is -0.0800. The number of nitrogens with one attached hydrogen (secondary N) is 1. The van der Waals surface area contributed by atoms with Gasteiger partial charge in [-0.1, -0.05) is 19.8 Å². The van der Waals surface area contributed by atoms with Crippen LogP contribution in [0.3, 0.4) is 0 Å². The Balaban J connectivity index is 1.86. The molecule has 1 aliphatic carbocycles. The van der Waals surface area contributed by atoms with Crippen molar-refractivity contribution in [2.45, 2.75) is 39.2 Å². The van der Waals surface area contributed by atoms with Crippen LogP contribution in [0, 0.1) is 11.8 Å². The van der Waals surface area contributed by atoms with E-state index >= 15 is 0 Å². The van der Waals surface area contributed by atoms with E-state index in [9.17, 15) is 0 Å². The molecule has 0 amide bonds. The van der Waals surface area contributed by atoms with Crippen LogP contribution in [0.15, 0.2) is 0 Å². The minimum atomic E-state index is 0.318. The lowest BCUT2D eigenvalue weighted by Gasteiger charge is -2.15. The van der Waals surface area contributed by atoms with Crippen molar-refractivity contribution >= 4 is 0 Å². The van der Waals surface area contributed by atoms with Crippen LogP contribution in [0.4, 0.5) is 0 Å². The molecule has 0 aromatic rings. The minimum Gasteiger partial charge on any atom is -0.328 e. The van der Waals surface area contributed by atoms with Crippen molar-refractivity contribution in [2.24, 2.45) is 17.6 Å². The topological polar surface area (TPSA) is 38.0 Å². The summed E-state index contributed by atoms with van der Waals surface area (Å²) in [6.45, 7) is 6.54. The maximum atomic E-state index is 5.75. The zero-order valence-corrected chi connectivity index (χ0v) is 8.34. The first-order valence-corrected chi connectivity index (χ1v) is 5.16. The summed E-state index contributed by atoms with van der Waals surface area (Å²) in [5.41, 5.74) is 5.75. The summed E-state index contributed by atoms with van der Waals surface area (Å²) in [6, 6.07) is 0.318. The third kappa shape index (κ3) is 4.07. The number of hydrogen-bond donors (Lipinski definition) is 2. The molecule has 0 saturated heterocycles. The van der Waals surface area contributed by atoms with Crippen molar-refractivity contribution in [3.63, 3.8) is 0 Å². The van der Waals surface area contributed by atoms with Gasteiger partial charge in [0.2, 0.25) is 0 Å². The van der Waals surface area contributed by atoms with E-state index in [1.165, 1.54) is 25.8 Å². The van der Waals surface area contributed by atoms with Gasteiger partial charge in [0.25, 0.3) is 0 Å². The van der Waals surface area contributed by atoms with Gasteiger partial charge in [0.15, 0.2) is 0 Å². The minimum absolute atomic E-state index is 0.318. The van der Waals surface area contributed by atoms with Crippen LogP contribution in [0.5, 0.6) is 0 Å². The van der Waals surface area contributed by atoms with Gasteiger partial charge >= 0.3 is 0 Å². The number of rotatable bonds is 6. The van der Waals surface area contributed by atoms with Crippen LogP contribution in [0.2, 0.25) is 0 Å². The Labute approximate surface area is 75.9 Å². The molecule has 0 aromatic heterocycles. The highest BCUT2D eigenvalue weighted by atomic mass is 14.9. The van der Waals surface area contributed by atoms with Crippen LogP contribution in [0.1, 0.15) is 33.1 Å². The normalized spacial score (nSPS) is 22.2. The van der Waals surface area contributed by atoms with E-state index in [4.69, 9.17) is 5.73 Å². The van der Waals surface area contributed by atoms with Gasteiger partial charge in [0.05, 0.1) is 0 Å². The highest BCUT2D eigenvalue weighted by molar-refractivity contribution is 4.74. The monoisotopic (exact) mass is 170 g/mol. The maximum Gasteiger partial charge on any atom is 0.00482 e. The van der Waals surface area contributed by atoms with E-state index in [1.807, 2.05) is 0 Å². The van der Waals surface area contributed by atoms with Crippen LogP contribution in [0.25, 0.3) is 0 Å². The van der Waals surface area contributed by atoms with Gasteiger partial charge < -0.3 is 11.1 Å². The molecule has 2 heteroatoms. The molecule has 1 aliphatic rings. The molecule has 12 heavy (non-hydrogen) atoms. The third-order valence-corrected chi connectivity index (χ3v) is 2.79. The summed E-state index contributed by atoms with van der Waals surface area (Å²) >= 11 is 0. The Kier molecular flexibility index (Phi) is 4.02. The van der Waals surface area contributed by atoms with Crippen LogP contribution in [-0.4, -0.2) is 19.1 Å². The van der Waals surface area contributed by atoms with Crippen molar-refractivity contribution in [3.8, 4) is 0 Å². The van der Waals surface area contributed by atoms with Crippen molar-refractivity contribution in [2.75, 3.05) is 13.1 Å². The largest absolute Gasteiger partial charge is 0.328 e. The lowest BCUT2D eigenvalue weighted by Crippen LogP contribution is -2.33. The van der Waals surface area contributed by atoms with Crippen LogP contribution < -0.4 is 11.1 Å².